The van der Waals surface area contributed by atoms with Crippen molar-refractivity contribution in [3.63, 3.8) is 0 Å². The molecule has 1 amide bonds. The van der Waals surface area contributed by atoms with E-state index in [1.54, 1.807) is 42.0 Å². The van der Waals surface area contributed by atoms with E-state index in [0.29, 0.717) is 28.1 Å². The lowest BCUT2D eigenvalue weighted by Crippen LogP contribution is -2.23. The second-order valence-corrected chi connectivity index (χ2v) is 7.98. The smallest absolute Gasteiger partial charge is 0.325 e. The molecule has 0 aliphatic rings. The molecular formula is C22H19FN6O4S. The van der Waals surface area contributed by atoms with Crippen LogP contribution in [0.2, 0.25) is 0 Å². The van der Waals surface area contributed by atoms with Gasteiger partial charge in [-0.1, -0.05) is 23.9 Å². The molecule has 2 heterocycles. The highest BCUT2D eigenvalue weighted by Gasteiger charge is 2.17. The number of thioether (sulfide) groups is 1. The Kier molecular flexibility index (Phi) is 6.87. The summed E-state index contributed by atoms with van der Waals surface area (Å²) in [5, 5.41) is 11.3. The lowest BCUT2D eigenvalue weighted by Gasteiger charge is -2.11. The Bertz CT molecular complexity index is 1400. The molecule has 0 radical (unpaired) electrons. The lowest BCUT2D eigenvalue weighted by molar-refractivity contribution is -0.113. The van der Waals surface area contributed by atoms with Crippen molar-refractivity contribution in [2.45, 2.75) is 11.6 Å². The normalized spacial score (nSPS) is 10.8. The fourth-order valence-electron chi connectivity index (χ4n) is 3.16. The number of carbonyl (C=O) groups excluding carboxylic acids is 1. The minimum absolute atomic E-state index is 0.0511. The minimum Gasteiger partial charge on any atom is -0.497 e. The van der Waals surface area contributed by atoms with Crippen molar-refractivity contribution in [3.05, 3.63) is 92.8 Å². The number of rotatable bonds is 8. The standard InChI is InChI=1S/C22H19FN6O4S/c1-33-15-8-6-14(7-9-15)29-18(10-13-11-19(30)26-21(32)24-13)27-28-22(29)34-12-20(31)25-17-5-3-2-4-16(17)23/h2-9,11H,10,12H2,1H3,(H,25,31)(H2,24,26,30,32). The maximum Gasteiger partial charge on any atom is 0.325 e. The molecule has 0 aliphatic carbocycles. The molecule has 0 atom stereocenters. The van der Waals surface area contributed by atoms with Gasteiger partial charge < -0.3 is 15.0 Å². The summed E-state index contributed by atoms with van der Waals surface area (Å²) >= 11 is 1.11. The molecule has 0 saturated carbocycles. The number of hydrogen-bond acceptors (Lipinski definition) is 7. The summed E-state index contributed by atoms with van der Waals surface area (Å²) in [7, 11) is 1.55. The molecule has 174 valence electrons. The molecule has 34 heavy (non-hydrogen) atoms. The Morgan fingerprint density at radius 1 is 1.12 bits per heavy atom. The van der Waals surface area contributed by atoms with Crippen molar-refractivity contribution in [3.8, 4) is 11.4 Å². The van der Waals surface area contributed by atoms with Crippen molar-refractivity contribution in [1.29, 1.82) is 0 Å². The predicted octanol–water partition coefficient (Wildman–Crippen LogP) is 2.11. The Balaban J connectivity index is 1.61. The van der Waals surface area contributed by atoms with E-state index in [9.17, 15) is 18.8 Å². The van der Waals surface area contributed by atoms with E-state index in [4.69, 9.17) is 4.74 Å². The van der Waals surface area contributed by atoms with Crippen molar-refractivity contribution >= 4 is 23.4 Å². The lowest BCUT2D eigenvalue weighted by atomic mass is 10.2. The van der Waals surface area contributed by atoms with Crippen LogP contribution in [-0.4, -0.2) is 43.5 Å². The number of halogens is 1. The van der Waals surface area contributed by atoms with Crippen LogP contribution >= 0.6 is 11.8 Å². The van der Waals surface area contributed by atoms with Gasteiger partial charge in [0.2, 0.25) is 5.91 Å². The summed E-state index contributed by atoms with van der Waals surface area (Å²) in [6, 6.07) is 14.2. The van der Waals surface area contributed by atoms with Crippen molar-refractivity contribution in [2.75, 3.05) is 18.2 Å². The van der Waals surface area contributed by atoms with Crippen LogP contribution in [0, 0.1) is 5.82 Å². The molecule has 0 spiro atoms. The molecule has 3 N–H and O–H groups in total. The van der Waals surface area contributed by atoms with Gasteiger partial charge in [0, 0.05) is 23.9 Å². The highest BCUT2D eigenvalue weighted by Crippen LogP contribution is 2.25. The molecule has 12 heteroatoms. The van der Waals surface area contributed by atoms with Gasteiger partial charge in [0.25, 0.3) is 5.56 Å². The second kappa shape index (κ2) is 10.2. The third-order valence-electron chi connectivity index (χ3n) is 4.68. The van der Waals surface area contributed by atoms with Crippen LogP contribution < -0.4 is 21.3 Å². The number of benzene rings is 2. The van der Waals surface area contributed by atoms with E-state index in [1.165, 1.54) is 24.3 Å². The molecule has 0 unspecified atom stereocenters. The Morgan fingerprint density at radius 2 is 1.88 bits per heavy atom. The molecule has 2 aromatic heterocycles. The summed E-state index contributed by atoms with van der Waals surface area (Å²) < 4.78 is 20.7. The van der Waals surface area contributed by atoms with E-state index in [0.717, 1.165) is 11.8 Å². The number of hydrogen-bond donors (Lipinski definition) is 3. The van der Waals surface area contributed by atoms with E-state index < -0.39 is 23.0 Å². The zero-order chi connectivity index (χ0) is 24.1. The van der Waals surface area contributed by atoms with Crippen LogP contribution in [0.15, 0.2) is 69.3 Å². The summed E-state index contributed by atoms with van der Waals surface area (Å²) in [4.78, 5) is 40.4. The van der Waals surface area contributed by atoms with Gasteiger partial charge in [0.05, 0.1) is 18.6 Å². The molecule has 2 aromatic carbocycles. The molecule has 0 fully saturated rings. The third kappa shape index (κ3) is 5.41. The fraction of sp³-hybridized carbons (Fsp3) is 0.136. The second-order valence-electron chi connectivity index (χ2n) is 7.04. The van der Waals surface area contributed by atoms with Crippen LogP contribution in [0.3, 0.4) is 0 Å². The van der Waals surface area contributed by atoms with E-state index in [1.807, 2.05) is 0 Å². The average Bonchev–Trinajstić information content (AvgIpc) is 3.21. The van der Waals surface area contributed by atoms with E-state index in [-0.39, 0.29) is 17.9 Å². The first kappa shape index (κ1) is 23.0. The summed E-state index contributed by atoms with van der Waals surface area (Å²) in [6.45, 7) is 0. The molecule has 0 aliphatic heterocycles. The maximum atomic E-state index is 13.8. The number of para-hydroxylation sites is 1. The quantitative estimate of drug-likeness (QED) is 0.328. The Hall–Kier alpha value is -4.19. The topological polar surface area (TPSA) is 135 Å². The largest absolute Gasteiger partial charge is 0.497 e. The highest BCUT2D eigenvalue weighted by atomic mass is 32.2. The maximum absolute atomic E-state index is 13.8. The fourth-order valence-corrected chi connectivity index (χ4v) is 3.93. The van der Waals surface area contributed by atoms with Crippen molar-refractivity contribution in [2.24, 2.45) is 0 Å². The third-order valence-corrected chi connectivity index (χ3v) is 5.60. The molecule has 4 aromatic rings. The number of amides is 1. The molecule has 4 rings (SSSR count). The van der Waals surface area contributed by atoms with Gasteiger partial charge in [-0.05, 0) is 36.4 Å². The van der Waals surface area contributed by atoms with Gasteiger partial charge in [-0.15, -0.1) is 10.2 Å². The Morgan fingerprint density at radius 3 is 2.59 bits per heavy atom. The first-order valence-corrected chi connectivity index (χ1v) is 11.0. The van der Waals surface area contributed by atoms with Gasteiger partial charge >= 0.3 is 5.69 Å². The first-order chi connectivity index (χ1) is 16.4. The zero-order valence-electron chi connectivity index (χ0n) is 17.9. The highest BCUT2D eigenvalue weighted by molar-refractivity contribution is 7.99. The van der Waals surface area contributed by atoms with Crippen LogP contribution in [0.1, 0.15) is 11.5 Å². The number of methoxy groups -OCH3 is 1. The number of aromatic amines is 2. The number of nitrogens with zero attached hydrogens (tertiary/aromatic N) is 3. The van der Waals surface area contributed by atoms with Gasteiger partial charge in [-0.25, -0.2) is 9.18 Å². The number of anilines is 1. The SMILES string of the molecule is COc1ccc(-n2c(Cc3cc(=O)[nH]c(=O)[nH]3)nnc2SCC(=O)Nc2ccccc2F)cc1. The van der Waals surface area contributed by atoms with E-state index in [2.05, 4.69) is 25.5 Å². The monoisotopic (exact) mass is 482 g/mol. The average molecular weight is 482 g/mol. The summed E-state index contributed by atoms with van der Waals surface area (Å²) in [6.07, 6.45) is 0.111. The first-order valence-electron chi connectivity index (χ1n) is 10.0. The zero-order valence-corrected chi connectivity index (χ0v) is 18.7. The Labute approximate surface area is 196 Å². The van der Waals surface area contributed by atoms with Gasteiger partial charge in [0.15, 0.2) is 5.16 Å². The summed E-state index contributed by atoms with van der Waals surface area (Å²) in [5.41, 5.74) is -0.0375. The molecule has 0 bridgehead atoms. The van der Waals surface area contributed by atoms with Gasteiger partial charge in [0.1, 0.15) is 17.4 Å². The van der Waals surface area contributed by atoms with Crippen molar-refractivity contribution in [1.82, 2.24) is 24.7 Å². The number of aromatic nitrogens is 5. The molecule has 10 nitrogen and oxygen atoms in total. The number of carbonyl (C=O) groups is 1. The van der Waals surface area contributed by atoms with Crippen LogP contribution in [0.5, 0.6) is 5.75 Å². The number of H-pyrrole nitrogens is 2. The van der Waals surface area contributed by atoms with Gasteiger partial charge in [-0.3, -0.25) is 19.1 Å². The van der Waals surface area contributed by atoms with Gasteiger partial charge in [-0.2, -0.15) is 0 Å². The van der Waals surface area contributed by atoms with Crippen molar-refractivity contribution < 1.29 is 13.9 Å². The van der Waals surface area contributed by atoms with Crippen LogP contribution in [0.25, 0.3) is 5.69 Å². The number of ether oxygens (including phenoxy) is 1. The summed E-state index contributed by atoms with van der Waals surface area (Å²) in [5.74, 6) is 0.0835. The predicted molar refractivity (Wildman–Crippen MR) is 124 cm³/mol. The van der Waals surface area contributed by atoms with Crippen LogP contribution in [-0.2, 0) is 11.2 Å². The number of nitrogens with one attached hydrogen (secondary N) is 3. The van der Waals surface area contributed by atoms with Crippen LogP contribution in [0.4, 0.5) is 10.1 Å². The molecule has 0 saturated heterocycles. The molecular weight excluding hydrogens is 463 g/mol. The minimum atomic E-state index is -0.627. The van der Waals surface area contributed by atoms with E-state index >= 15 is 0 Å².